The van der Waals surface area contributed by atoms with Gasteiger partial charge in [-0.25, -0.2) is 0 Å². The summed E-state index contributed by atoms with van der Waals surface area (Å²) in [4.78, 5) is 6.54. The molecule has 1 aromatic heterocycles. The van der Waals surface area contributed by atoms with Crippen molar-refractivity contribution in [2.24, 2.45) is 0 Å². The van der Waals surface area contributed by atoms with Crippen molar-refractivity contribution in [2.75, 3.05) is 31.1 Å². The van der Waals surface area contributed by atoms with Crippen LogP contribution in [0.5, 0.6) is 0 Å². The third-order valence-electron chi connectivity index (χ3n) is 2.89. The highest BCUT2D eigenvalue weighted by molar-refractivity contribution is 5.76. The van der Waals surface area contributed by atoms with Gasteiger partial charge in [0.05, 0.1) is 11.6 Å². The van der Waals surface area contributed by atoms with E-state index in [1.54, 1.807) is 18.2 Å². The zero-order valence-electron chi connectivity index (χ0n) is 9.31. The maximum Gasteiger partial charge on any atom is 0.298 e. The van der Waals surface area contributed by atoms with Gasteiger partial charge < -0.3 is 14.6 Å². The molecule has 86 valence electrons. The van der Waals surface area contributed by atoms with Crippen LogP contribution in [0.15, 0.2) is 22.6 Å². The number of fused-ring (bicyclic) bond motifs is 1. The molecule has 3 rings (SSSR count). The summed E-state index contributed by atoms with van der Waals surface area (Å²) in [5.74, 6) is 0. The van der Waals surface area contributed by atoms with Crippen molar-refractivity contribution in [3.8, 4) is 6.07 Å². The molecule has 5 heteroatoms. The van der Waals surface area contributed by atoms with Crippen LogP contribution >= 0.6 is 0 Å². The molecule has 1 N–H and O–H groups in total. The Labute approximate surface area is 98.6 Å². The van der Waals surface area contributed by atoms with Crippen molar-refractivity contribution in [2.45, 2.75) is 0 Å². The number of anilines is 1. The van der Waals surface area contributed by atoms with Gasteiger partial charge in [-0.3, -0.25) is 0 Å². The Bertz CT molecular complexity index is 578. The SMILES string of the molecule is N#Cc1ccc2oc(N3CCNCC3)nc2c1. The van der Waals surface area contributed by atoms with Crippen LogP contribution in [0.1, 0.15) is 5.56 Å². The third kappa shape index (κ3) is 1.83. The fourth-order valence-corrected chi connectivity index (χ4v) is 1.98. The third-order valence-corrected chi connectivity index (χ3v) is 2.89. The quantitative estimate of drug-likeness (QED) is 0.792. The van der Waals surface area contributed by atoms with Crippen molar-refractivity contribution in [3.05, 3.63) is 23.8 Å². The average molecular weight is 228 g/mol. The number of nitrogens with one attached hydrogen (secondary N) is 1. The topological polar surface area (TPSA) is 65.1 Å². The van der Waals surface area contributed by atoms with Gasteiger partial charge in [0.1, 0.15) is 5.52 Å². The predicted molar refractivity (Wildman–Crippen MR) is 63.8 cm³/mol. The molecule has 1 fully saturated rings. The lowest BCUT2D eigenvalue weighted by Crippen LogP contribution is -2.43. The molecular formula is C12H12N4O. The molecule has 0 aliphatic carbocycles. The van der Waals surface area contributed by atoms with Gasteiger partial charge in [0, 0.05) is 26.2 Å². The summed E-state index contributed by atoms with van der Waals surface area (Å²) in [6.45, 7) is 3.69. The van der Waals surface area contributed by atoms with E-state index in [-0.39, 0.29) is 0 Å². The number of rotatable bonds is 1. The zero-order chi connectivity index (χ0) is 11.7. The van der Waals surface area contributed by atoms with E-state index in [0.717, 1.165) is 37.3 Å². The Morgan fingerprint density at radius 3 is 2.94 bits per heavy atom. The van der Waals surface area contributed by atoms with Crippen LogP contribution in [0, 0.1) is 11.3 Å². The lowest BCUT2D eigenvalue weighted by atomic mass is 10.2. The minimum Gasteiger partial charge on any atom is -0.423 e. The van der Waals surface area contributed by atoms with Crippen LogP contribution in [0.2, 0.25) is 0 Å². The highest BCUT2D eigenvalue weighted by atomic mass is 16.4. The average Bonchev–Trinajstić information content (AvgIpc) is 2.82. The van der Waals surface area contributed by atoms with Crippen LogP contribution in [-0.2, 0) is 0 Å². The highest BCUT2D eigenvalue weighted by Crippen LogP contribution is 2.22. The van der Waals surface area contributed by atoms with Crippen LogP contribution in [0.3, 0.4) is 0 Å². The van der Waals surface area contributed by atoms with Gasteiger partial charge in [-0.2, -0.15) is 10.2 Å². The lowest BCUT2D eigenvalue weighted by Gasteiger charge is -2.25. The van der Waals surface area contributed by atoms with E-state index >= 15 is 0 Å². The lowest BCUT2D eigenvalue weighted by molar-refractivity contribution is 0.517. The second-order valence-corrected chi connectivity index (χ2v) is 4.03. The summed E-state index contributed by atoms with van der Waals surface area (Å²) in [6, 6.07) is 8.05. The smallest absolute Gasteiger partial charge is 0.298 e. The number of nitriles is 1. The van der Waals surface area contributed by atoms with E-state index in [9.17, 15) is 0 Å². The Morgan fingerprint density at radius 2 is 2.18 bits per heavy atom. The molecule has 0 spiro atoms. The van der Waals surface area contributed by atoms with Gasteiger partial charge in [0.15, 0.2) is 5.58 Å². The molecule has 1 aliphatic heterocycles. The second-order valence-electron chi connectivity index (χ2n) is 4.03. The Hall–Kier alpha value is -2.06. The predicted octanol–water partition coefficient (Wildman–Crippen LogP) is 1.11. The first kappa shape index (κ1) is 10.1. The van der Waals surface area contributed by atoms with Gasteiger partial charge >= 0.3 is 0 Å². The minimum atomic E-state index is 0.609. The first-order chi connectivity index (χ1) is 8.36. The zero-order valence-corrected chi connectivity index (χ0v) is 9.31. The van der Waals surface area contributed by atoms with Crippen molar-refractivity contribution in [1.29, 1.82) is 5.26 Å². The molecule has 1 saturated heterocycles. The molecule has 2 aromatic rings. The summed E-state index contributed by atoms with van der Waals surface area (Å²) >= 11 is 0. The number of hydrogen-bond donors (Lipinski definition) is 1. The van der Waals surface area contributed by atoms with Crippen molar-refractivity contribution in [3.63, 3.8) is 0 Å². The van der Waals surface area contributed by atoms with E-state index in [0.29, 0.717) is 11.6 Å². The van der Waals surface area contributed by atoms with E-state index in [2.05, 4.69) is 21.3 Å². The largest absolute Gasteiger partial charge is 0.423 e. The standard InChI is InChI=1S/C12H12N4O/c13-8-9-1-2-11-10(7-9)15-12(17-11)16-5-3-14-4-6-16/h1-2,7,14H,3-6H2. The molecule has 5 nitrogen and oxygen atoms in total. The molecule has 0 bridgehead atoms. The van der Waals surface area contributed by atoms with Crippen molar-refractivity contribution < 1.29 is 4.42 Å². The van der Waals surface area contributed by atoms with E-state index < -0.39 is 0 Å². The van der Waals surface area contributed by atoms with Crippen LogP contribution in [-0.4, -0.2) is 31.2 Å². The number of nitrogens with zero attached hydrogens (tertiary/aromatic N) is 3. The molecule has 1 aliphatic rings. The Kier molecular flexibility index (Phi) is 2.42. The maximum atomic E-state index is 8.83. The normalized spacial score (nSPS) is 16.1. The number of benzene rings is 1. The highest BCUT2D eigenvalue weighted by Gasteiger charge is 2.16. The number of oxazole rings is 1. The first-order valence-electron chi connectivity index (χ1n) is 5.63. The Morgan fingerprint density at radius 1 is 1.35 bits per heavy atom. The first-order valence-corrected chi connectivity index (χ1v) is 5.63. The van der Waals surface area contributed by atoms with Gasteiger partial charge in [0.25, 0.3) is 6.01 Å². The number of hydrogen-bond acceptors (Lipinski definition) is 5. The molecular weight excluding hydrogens is 216 g/mol. The molecule has 2 heterocycles. The monoisotopic (exact) mass is 228 g/mol. The van der Waals surface area contributed by atoms with Gasteiger partial charge in [-0.15, -0.1) is 0 Å². The number of piperazine rings is 1. The van der Waals surface area contributed by atoms with E-state index in [4.69, 9.17) is 9.68 Å². The Balaban J connectivity index is 1.98. The van der Waals surface area contributed by atoms with E-state index in [1.807, 2.05) is 0 Å². The van der Waals surface area contributed by atoms with Gasteiger partial charge in [0.2, 0.25) is 0 Å². The van der Waals surface area contributed by atoms with Crippen LogP contribution < -0.4 is 10.2 Å². The molecule has 0 amide bonds. The van der Waals surface area contributed by atoms with Crippen molar-refractivity contribution >= 4 is 17.1 Å². The molecule has 17 heavy (non-hydrogen) atoms. The fraction of sp³-hybridized carbons (Fsp3) is 0.333. The molecule has 0 atom stereocenters. The number of aromatic nitrogens is 1. The summed E-state index contributed by atoms with van der Waals surface area (Å²) < 4.78 is 5.68. The van der Waals surface area contributed by atoms with Gasteiger partial charge in [-0.05, 0) is 18.2 Å². The fourth-order valence-electron chi connectivity index (χ4n) is 1.98. The molecule has 0 radical (unpaired) electrons. The molecule has 1 aromatic carbocycles. The van der Waals surface area contributed by atoms with E-state index in [1.165, 1.54) is 0 Å². The van der Waals surface area contributed by atoms with Crippen LogP contribution in [0.4, 0.5) is 6.01 Å². The summed E-state index contributed by atoms with van der Waals surface area (Å²) in [5.41, 5.74) is 2.09. The second kappa shape index (κ2) is 4.07. The van der Waals surface area contributed by atoms with Crippen molar-refractivity contribution in [1.82, 2.24) is 10.3 Å². The minimum absolute atomic E-state index is 0.609. The van der Waals surface area contributed by atoms with Gasteiger partial charge in [-0.1, -0.05) is 0 Å². The molecule has 0 saturated carbocycles. The summed E-state index contributed by atoms with van der Waals surface area (Å²) in [5, 5.41) is 12.1. The summed E-state index contributed by atoms with van der Waals surface area (Å²) in [6.07, 6.45) is 0. The molecule has 0 unspecified atom stereocenters. The summed E-state index contributed by atoms with van der Waals surface area (Å²) in [7, 11) is 0. The van der Waals surface area contributed by atoms with Crippen LogP contribution in [0.25, 0.3) is 11.1 Å². The maximum absolute atomic E-state index is 8.83.